The molecule has 0 fully saturated rings. The van der Waals surface area contributed by atoms with Crippen LogP contribution in [0.5, 0.6) is 5.75 Å². The third-order valence-corrected chi connectivity index (χ3v) is 3.61. The molecule has 0 unspecified atom stereocenters. The van der Waals surface area contributed by atoms with E-state index in [1.165, 1.54) is 6.07 Å². The zero-order valence-electron chi connectivity index (χ0n) is 10.3. The third-order valence-electron chi connectivity index (χ3n) is 2.48. The first kappa shape index (κ1) is 16.6. The third kappa shape index (κ3) is 5.58. The van der Waals surface area contributed by atoms with Crippen molar-refractivity contribution in [2.45, 2.75) is 25.7 Å². The van der Waals surface area contributed by atoms with Crippen molar-refractivity contribution in [2.75, 3.05) is 12.4 Å². The highest BCUT2D eigenvalue weighted by Gasteiger charge is 2.19. The van der Waals surface area contributed by atoms with Gasteiger partial charge in [0.15, 0.2) is 0 Å². The van der Waals surface area contributed by atoms with Crippen LogP contribution in [0.2, 0.25) is 5.02 Å². The summed E-state index contributed by atoms with van der Waals surface area (Å²) in [7, 11) is 0. The quantitative estimate of drug-likeness (QED) is 0.308. The zero-order chi connectivity index (χ0) is 14.3. The van der Waals surface area contributed by atoms with Gasteiger partial charge in [-0.1, -0.05) is 24.4 Å². The lowest BCUT2D eigenvalue weighted by molar-refractivity contribution is -0.385. The second kappa shape index (κ2) is 8.66. The molecule has 0 spiro atoms. The average Bonchev–Trinajstić information content (AvgIpc) is 2.34. The number of thiol groups is 1. The van der Waals surface area contributed by atoms with E-state index in [2.05, 4.69) is 28.6 Å². The Morgan fingerprint density at radius 1 is 1.32 bits per heavy atom. The molecule has 0 radical (unpaired) electrons. The van der Waals surface area contributed by atoms with Crippen molar-refractivity contribution < 1.29 is 9.66 Å². The van der Waals surface area contributed by atoms with E-state index in [-0.39, 0.29) is 11.4 Å². The zero-order valence-corrected chi connectivity index (χ0v) is 13.5. The highest BCUT2D eigenvalue weighted by atomic mass is 79.9. The molecule has 0 aromatic heterocycles. The Balaban J connectivity index is 2.59. The van der Waals surface area contributed by atoms with Crippen LogP contribution < -0.4 is 4.74 Å². The van der Waals surface area contributed by atoms with Gasteiger partial charge in [0.2, 0.25) is 5.75 Å². The highest BCUT2D eigenvalue weighted by Crippen LogP contribution is 2.37. The van der Waals surface area contributed by atoms with E-state index in [0.29, 0.717) is 16.1 Å². The van der Waals surface area contributed by atoms with Gasteiger partial charge in [0, 0.05) is 11.1 Å². The number of halogens is 2. The molecule has 1 aromatic carbocycles. The number of hydrogen-bond donors (Lipinski definition) is 1. The fourth-order valence-electron chi connectivity index (χ4n) is 1.57. The van der Waals surface area contributed by atoms with Gasteiger partial charge in [-0.05, 0) is 40.6 Å². The molecule has 0 N–H and O–H groups in total. The molecule has 0 amide bonds. The lowest BCUT2D eigenvalue weighted by Gasteiger charge is -2.09. The Kier molecular flexibility index (Phi) is 7.56. The number of benzene rings is 1. The Morgan fingerprint density at radius 2 is 2.00 bits per heavy atom. The SMILES string of the molecule is O=[N+]([O-])c1cc(Cl)cc(Br)c1OCCCCCCS. The smallest absolute Gasteiger partial charge is 0.313 e. The minimum absolute atomic E-state index is 0.116. The van der Waals surface area contributed by atoms with Gasteiger partial charge in [0.05, 0.1) is 16.0 Å². The maximum absolute atomic E-state index is 10.9. The number of nitro groups is 1. The van der Waals surface area contributed by atoms with E-state index in [0.717, 1.165) is 31.4 Å². The highest BCUT2D eigenvalue weighted by molar-refractivity contribution is 9.10. The van der Waals surface area contributed by atoms with Crippen LogP contribution in [0.3, 0.4) is 0 Å². The molecular formula is C12H15BrClNO3S. The van der Waals surface area contributed by atoms with Gasteiger partial charge in [-0.2, -0.15) is 12.6 Å². The van der Waals surface area contributed by atoms with Crippen molar-refractivity contribution in [1.29, 1.82) is 0 Å². The minimum atomic E-state index is -0.493. The molecule has 19 heavy (non-hydrogen) atoms. The van der Waals surface area contributed by atoms with Crippen LogP contribution in [-0.2, 0) is 0 Å². The van der Waals surface area contributed by atoms with Crippen LogP contribution in [0, 0.1) is 10.1 Å². The van der Waals surface area contributed by atoms with Gasteiger partial charge in [-0.3, -0.25) is 10.1 Å². The van der Waals surface area contributed by atoms with Crippen molar-refractivity contribution in [1.82, 2.24) is 0 Å². The van der Waals surface area contributed by atoms with Gasteiger partial charge in [-0.25, -0.2) is 0 Å². The van der Waals surface area contributed by atoms with E-state index in [1.807, 2.05) is 0 Å². The predicted octanol–water partition coefficient (Wildman–Crippen LogP) is 4.88. The van der Waals surface area contributed by atoms with Crippen LogP contribution in [0.1, 0.15) is 25.7 Å². The van der Waals surface area contributed by atoms with E-state index in [1.54, 1.807) is 6.07 Å². The van der Waals surface area contributed by atoms with Crippen molar-refractivity contribution in [3.05, 3.63) is 31.7 Å². The lowest BCUT2D eigenvalue weighted by atomic mass is 10.2. The fourth-order valence-corrected chi connectivity index (χ4v) is 2.70. The lowest BCUT2D eigenvalue weighted by Crippen LogP contribution is -2.01. The average molecular weight is 369 g/mol. The van der Waals surface area contributed by atoms with E-state index in [9.17, 15) is 10.1 Å². The van der Waals surface area contributed by atoms with Crippen LogP contribution in [0.4, 0.5) is 5.69 Å². The first-order valence-electron chi connectivity index (χ1n) is 5.93. The molecule has 0 aliphatic heterocycles. The maximum Gasteiger partial charge on any atom is 0.313 e. The Hall–Kier alpha value is -0.460. The molecular weight excluding hydrogens is 354 g/mol. The number of nitrogens with zero attached hydrogens (tertiary/aromatic N) is 1. The van der Waals surface area contributed by atoms with Crippen molar-refractivity contribution in [3.63, 3.8) is 0 Å². The molecule has 0 aliphatic rings. The summed E-state index contributed by atoms with van der Waals surface area (Å²) in [6.07, 6.45) is 4.06. The summed E-state index contributed by atoms with van der Waals surface area (Å²) in [4.78, 5) is 10.4. The second-order valence-electron chi connectivity index (χ2n) is 3.98. The fraction of sp³-hybridized carbons (Fsp3) is 0.500. The molecule has 0 atom stereocenters. The standard InChI is InChI=1S/C12H15BrClNO3S/c13-10-7-9(14)8-11(15(16)17)12(10)18-5-3-1-2-4-6-19/h7-8,19H,1-6H2. The summed E-state index contributed by atoms with van der Waals surface area (Å²) in [6.45, 7) is 0.452. The van der Waals surface area contributed by atoms with Gasteiger partial charge in [-0.15, -0.1) is 0 Å². The molecule has 1 aromatic rings. The molecule has 1 rings (SSSR count). The molecule has 7 heteroatoms. The van der Waals surface area contributed by atoms with Gasteiger partial charge >= 0.3 is 5.69 Å². The summed E-state index contributed by atoms with van der Waals surface area (Å²) in [6, 6.07) is 2.88. The molecule has 0 bridgehead atoms. The molecule has 0 saturated heterocycles. The summed E-state index contributed by atoms with van der Waals surface area (Å²) < 4.78 is 6.00. The maximum atomic E-state index is 10.9. The molecule has 4 nitrogen and oxygen atoms in total. The number of unbranched alkanes of at least 4 members (excludes halogenated alkanes) is 3. The largest absolute Gasteiger partial charge is 0.486 e. The first-order chi connectivity index (χ1) is 9.06. The minimum Gasteiger partial charge on any atom is -0.486 e. The van der Waals surface area contributed by atoms with Crippen LogP contribution in [0.15, 0.2) is 16.6 Å². The Morgan fingerprint density at radius 3 is 2.63 bits per heavy atom. The summed E-state index contributed by atoms with van der Waals surface area (Å²) in [5.41, 5.74) is -0.116. The molecule has 0 heterocycles. The van der Waals surface area contributed by atoms with E-state index < -0.39 is 4.92 Å². The van der Waals surface area contributed by atoms with Crippen LogP contribution in [0.25, 0.3) is 0 Å². The number of hydrogen-bond acceptors (Lipinski definition) is 4. The first-order valence-corrected chi connectivity index (χ1v) is 7.73. The Bertz CT molecular complexity index is 445. The molecule has 0 aliphatic carbocycles. The predicted molar refractivity (Wildman–Crippen MR) is 83.6 cm³/mol. The van der Waals surface area contributed by atoms with Crippen LogP contribution in [-0.4, -0.2) is 17.3 Å². The summed E-state index contributed by atoms with van der Waals surface area (Å²) in [5, 5.41) is 11.2. The molecule has 0 saturated carbocycles. The Labute approximate surface area is 131 Å². The van der Waals surface area contributed by atoms with Crippen molar-refractivity contribution >= 4 is 45.8 Å². The normalized spacial score (nSPS) is 10.5. The van der Waals surface area contributed by atoms with Gasteiger partial charge in [0.1, 0.15) is 0 Å². The monoisotopic (exact) mass is 367 g/mol. The van der Waals surface area contributed by atoms with Gasteiger partial charge in [0.25, 0.3) is 0 Å². The van der Waals surface area contributed by atoms with Crippen molar-refractivity contribution in [3.8, 4) is 5.75 Å². The number of rotatable bonds is 8. The van der Waals surface area contributed by atoms with E-state index in [4.69, 9.17) is 16.3 Å². The number of nitro benzene ring substituents is 1. The van der Waals surface area contributed by atoms with E-state index >= 15 is 0 Å². The van der Waals surface area contributed by atoms with Crippen molar-refractivity contribution in [2.24, 2.45) is 0 Å². The second-order valence-corrected chi connectivity index (χ2v) is 5.72. The molecule has 106 valence electrons. The van der Waals surface area contributed by atoms with Gasteiger partial charge < -0.3 is 4.74 Å². The van der Waals surface area contributed by atoms with Crippen LogP contribution >= 0.6 is 40.2 Å². The number of ether oxygens (including phenoxy) is 1. The summed E-state index contributed by atoms with van der Waals surface area (Å²) >= 11 is 13.2. The topological polar surface area (TPSA) is 52.4 Å². The summed E-state index contributed by atoms with van der Waals surface area (Å²) in [5.74, 6) is 1.12.